The molecule has 134 valence electrons. The summed E-state index contributed by atoms with van der Waals surface area (Å²) in [5, 5.41) is 0.980. The number of ketones is 1. The molecular weight excluding hydrogens is 329 g/mol. The number of piperazine rings is 1. The van der Waals surface area contributed by atoms with Gasteiger partial charge in [-0.3, -0.25) is 4.79 Å². The molecule has 0 saturated carbocycles. The summed E-state index contributed by atoms with van der Waals surface area (Å²) in [6.07, 6.45) is 1.82. The van der Waals surface area contributed by atoms with E-state index in [0.29, 0.717) is 5.69 Å². The number of carbonyl (C=O) groups excluding carboxylic acids is 1. The first-order chi connectivity index (χ1) is 12.6. The second kappa shape index (κ2) is 6.92. The fourth-order valence-electron chi connectivity index (χ4n) is 3.87. The Morgan fingerprint density at radius 1 is 1.12 bits per heavy atom. The molecule has 1 saturated heterocycles. The number of nitrogens with one attached hydrogen (secondary N) is 2. The van der Waals surface area contributed by atoms with E-state index < -0.39 is 0 Å². The maximum Gasteiger partial charge on any atom is 0.221 e. The zero-order valence-corrected chi connectivity index (χ0v) is 14.8. The number of H-pyrrole nitrogens is 1. The van der Waals surface area contributed by atoms with Crippen LogP contribution < -0.4 is 9.80 Å². The van der Waals surface area contributed by atoms with E-state index >= 15 is 0 Å². The molecular formula is C21H23FN3O+. The smallest absolute Gasteiger partial charge is 0.221 e. The van der Waals surface area contributed by atoms with Crippen LogP contribution in [0.4, 0.5) is 10.1 Å². The van der Waals surface area contributed by atoms with Gasteiger partial charge in [-0.1, -0.05) is 30.3 Å². The van der Waals surface area contributed by atoms with Gasteiger partial charge in [-0.15, -0.1) is 0 Å². The van der Waals surface area contributed by atoms with E-state index in [1.165, 1.54) is 11.0 Å². The summed E-state index contributed by atoms with van der Waals surface area (Å²) in [4.78, 5) is 19.5. The molecule has 5 heteroatoms. The van der Waals surface area contributed by atoms with Crippen LogP contribution in [-0.2, 0) is 0 Å². The molecule has 2 aromatic carbocycles. The molecule has 26 heavy (non-hydrogen) atoms. The van der Waals surface area contributed by atoms with E-state index in [-0.39, 0.29) is 17.6 Å². The number of carbonyl (C=O) groups is 1. The van der Waals surface area contributed by atoms with Gasteiger partial charge in [-0.05, 0) is 25.1 Å². The Bertz CT molecular complexity index is 928. The number of nitrogens with zero attached hydrogens (tertiary/aromatic N) is 1. The number of aromatic amines is 1. The molecule has 4 rings (SSSR count). The van der Waals surface area contributed by atoms with E-state index in [2.05, 4.69) is 9.88 Å². The summed E-state index contributed by atoms with van der Waals surface area (Å²) in [6.45, 7) is 5.15. The van der Waals surface area contributed by atoms with Crippen molar-refractivity contribution in [2.24, 2.45) is 0 Å². The average molecular weight is 352 g/mol. The number of quaternary nitrogens is 1. The third kappa shape index (κ3) is 2.99. The van der Waals surface area contributed by atoms with E-state index in [0.717, 1.165) is 42.6 Å². The molecule has 0 radical (unpaired) electrons. The molecule has 1 atom stereocenters. The summed E-state index contributed by atoms with van der Waals surface area (Å²) < 4.78 is 14.0. The van der Waals surface area contributed by atoms with Gasteiger partial charge in [-0.25, -0.2) is 4.39 Å². The predicted octanol–water partition coefficient (Wildman–Crippen LogP) is 2.28. The first-order valence-electron chi connectivity index (χ1n) is 9.09. The van der Waals surface area contributed by atoms with Gasteiger partial charge in [0.05, 0.1) is 31.9 Å². The first kappa shape index (κ1) is 16.8. The molecule has 0 spiro atoms. The SMILES string of the molecule is C[C@@H](C(=O)c1c[nH]c2ccccc12)[NH+]1CCN(c2ccccc2F)CC1. The summed E-state index contributed by atoms with van der Waals surface area (Å²) in [5.41, 5.74) is 2.40. The van der Waals surface area contributed by atoms with Crippen molar-refractivity contribution in [3.63, 3.8) is 0 Å². The standard InChI is InChI=1S/C21H22FN3O/c1-15(21(26)17-14-23-19-8-4-2-6-16(17)19)24-10-12-25(13-11-24)20-9-5-3-7-18(20)22/h2-9,14-15,23H,10-13H2,1H3/p+1/t15-/m0/s1. The lowest BCUT2D eigenvalue weighted by Gasteiger charge is -2.36. The second-order valence-corrected chi connectivity index (χ2v) is 6.93. The van der Waals surface area contributed by atoms with Gasteiger partial charge in [0.25, 0.3) is 0 Å². The van der Waals surface area contributed by atoms with Crippen LogP contribution >= 0.6 is 0 Å². The topological polar surface area (TPSA) is 40.5 Å². The van der Waals surface area contributed by atoms with E-state index in [1.54, 1.807) is 6.07 Å². The summed E-state index contributed by atoms with van der Waals surface area (Å²) >= 11 is 0. The minimum absolute atomic E-state index is 0.114. The van der Waals surface area contributed by atoms with Crippen LogP contribution in [0.1, 0.15) is 17.3 Å². The highest BCUT2D eigenvalue weighted by molar-refractivity contribution is 6.09. The highest BCUT2D eigenvalue weighted by atomic mass is 19.1. The largest absolute Gasteiger partial charge is 0.360 e. The fraction of sp³-hybridized carbons (Fsp3) is 0.286. The van der Waals surface area contributed by atoms with Crippen LogP contribution in [-0.4, -0.2) is 43.0 Å². The molecule has 3 aromatic rings. The highest BCUT2D eigenvalue weighted by Crippen LogP contribution is 2.20. The van der Waals surface area contributed by atoms with Crippen molar-refractivity contribution in [3.8, 4) is 0 Å². The van der Waals surface area contributed by atoms with Crippen LogP contribution in [0.3, 0.4) is 0 Å². The summed E-state index contributed by atoms with van der Waals surface area (Å²) in [7, 11) is 0. The molecule has 1 aromatic heterocycles. The van der Waals surface area contributed by atoms with Gasteiger partial charge < -0.3 is 14.8 Å². The van der Waals surface area contributed by atoms with Gasteiger partial charge in [0.2, 0.25) is 5.78 Å². The number of aromatic nitrogens is 1. The Morgan fingerprint density at radius 2 is 1.81 bits per heavy atom. The molecule has 2 heterocycles. The maximum atomic E-state index is 14.0. The monoisotopic (exact) mass is 352 g/mol. The van der Waals surface area contributed by atoms with Gasteiger partial charge >= 0.3 is 0 Å². The van der Waals surface area contributed by atoms with Gasteiger partial charge in [0.1, 0.15) is 11.9 Å². The van der Waals surface area contributed by atoms with Crippen LogP contribution in [0.25, 0.3) is 10.9 Å². The van der Waals surface area contributed by atoms with Crippen molar-refractivity contribution in [2.75, 3.05) is 31.1 Å². The van der Waals surface area contributed by atoms with Gasteiger partial charge in [0, 0.05) is 22.7 Å². The number of anilines is 1. The zero-order valence-electron chi connectivity index (χ0n) is 14.8. The summed E-state index contributed by atoms with van der Waals surface area (Å²) in [6, 6.07) is 14.7. The molecule has 1 aliphatic heterocycles. The Labute approximate surface area is 152 Å². The predicted molar refractivity (Wildman–Crippen MR) is 101 cm³/mol. The second-order valence-electron chi connectivity index (χ2n) is 6.93. The number of hydrogen-bond donors (Lipinski definition) is 2. The lowest BCUT2D eigenvalue weighted by atomic mass is 10.0. The van der Waals surface area contributed by atoms with Gasteiger partial charge in [-0.2, -0.15) is 0 Å². The average Bonchev–Trinajstić information content (AvgIpc) is 3.11. The number of para-hydroxylation sites is 2. The highest BCUT2D eigenvalue weighted by Gasteiger charge is 2.31. The normalized spacial score (nSPS) is 16.8. The minimum Gasteiger partial charge on any atom is -0.360 e. The number of benzene rings is 2. The van der Waals surface area contributed by atoms with Gasteiger partial charge in [0.15, 0.2) is 0 Å². The van der Waals surface area contributed by atoms with Crippen LogP contribution in [0, 0.1) is 5.82 Å². The quantitative estimate of drug-likeness (QED) is 0.708. The number of halogens is 1. The van der Waals surface area contributed by atoms with Crippen LogP contribution in [0.5, 0.6) is 0 Å². The van der Waals surface area contributed by atoms with Crippen molar-refractivity contribution < 1.29 is 14.1 Å². The van der Waals surface area contributed by atoms with E-state index in [1.807, 2.05) is 49.5 Å². The number of Topliss-reactive ketones (excluding diaryl/α,β-unsaturated/α-hetero) is 1. The van der Waals surface area contributed by atoms with Crippen molar-refractivity contribution in [1.29, 1.82) is 0 Å². The van der Waals surface area contributed by atoms with E-state index in [9.17, 15) is 9.18 Å². The fourth-order valence-corrected chi connectivity index (χ4v) is 3.87. The number of hydrogen-bond acceptors (Lipinski definition) is 2. The Balaban J connectivity index is 1.46. The Kier molecular flexibility index (Phi) is 4.47. The summed E-state index contributed by atoms with van der Waals surface area (Å²) in [5.74, 6) is -0.0179. The molecule has 0 aliphatic carbocycles. The number of rotatable bonds is 4. The van der Waals surface area contributed by atoms with Crippen molar-refractivity contribution in [3.05, 3.63) is 66.1 Å². The molecule has 0 amide bonds. The van der Waals surface area contributed by atoms with Crippen LogP contribution in [0.2, 0.25) is 0 Å². The Hall–Kier alpha value is -2.66. The molecule has 4 nitrogen and oxygen atoms in total. The first-order valence-corrected chi connectivity index (χ1v) is 9.09. The molecule has 1 aliphatic rings. The van der Waals surface area contributed by atoms with Crippen molar-refractivity contribution in [2.45, 2.75) is 13.0 Å². The number of fused-ring (bicyclic) bond motifs is 1. The zero-order chi connectivity index (χ0) is 18.1. The minimum atomic E-state index is -0.182. The molecule has 1 fully saturated rings. The van der Waals surface area contributed by atoms with Crippen molar-refractivity contribution in [1.82, 2.24) is 4.98 Å². The lowest BCUT2D eigenvalue weighted by molar-refractivity contribution is -0.914. The molecule has 2 N–H and O–H groups in total. The third-order valence-corrected chi connectivity index (χ3v) is 5.46. The molecule has 0 unspecified atom stereocenters. The Morgan fingerprint density at radius 3 is 2.58 bits per heavy atom. The van der Waals surface area contributed by atoms with Crippen molar-refractivity contribution >= 4 is 22.4 Å². The van der Waals surface area contributed by atoms with E-state index in [4.69, 9.17) is 0 Å². The molecule has 0 bridgehead atoms. The third-order valence-electron chi connectivity index (χ3n) is 5.46. The maximum absolute atomic E-state index is 14.0. The lowest BCUT2D eigenvalue weighted by Crippen LogP contribution is -3.18. The van der Waals surface area contributed by atoms with Crippen LogP contribution in [0.15, 0.2) is 54.7 Å².